The Hall–Kier alpha value is -3.26. The van der Waals surface area contributed by atoms with E-state index in [0.717, 1.165) is 43.9 Å². The van der Waals surface area contributed by atoms with Crippen LogP contribution in [0.5, 0.6) is 11.5 Å². The number of urea groups is 1. The third-order valence-electron chi connectivity index (χ3n) is 5.53. The van der Waals surface area contributed by atoms with Gasteiger partial charge in [0.25, 0.3) is 0 Å². The van der Waals surface area contributed by atoms with E-state index in [1.165, 1.54) is 0 Å². The second-order valence-electron chi connectivity index (χ2n) is 7.53. The van der Waals surface area contributed by atoms with Crippen LogP contribution in [0.15, 0.2) is 42.5 Å². The molecule has 0 saturated carbocycles. The van der Waals surface area contributed by atoms with Crippen LogP contribution in [0, 0.1) is 0 Å². The normalized spacial score (nSPS) is 13.1. The lowest BCUT2D eigenvalue weighted by Gasteiger charge is -2.24. The van der Waals surface area contributed by atoms with E-state index in [4.69, 9.17) is 21.1 Å². The number of aryl methyl sites for hydroxylation is 1. The van der Waals surface area contributed by atoms with Crippen LogP contribution < -0.4 is 19.7 Å². The zero-order chi connectivity index (χ0) is 22.5. The highest BCUT2D eigenvalue weighted by molar-refractivity contribution is 6.33. The molecule has 0 fully saturated rings. The fraction of sp³-hybridized carbons (Fsp3) is 0.348. The summed E-state index contributed by atoms with van der Waals surface area (Å²) in [6.45, 7) is 1.10. The largest absolute Gasteiger partial charge is 0.493 e. The van der Waals surface area contributed by atoms with E-state index in [9.17, 15) is 4.79 Å². The van der Waals surface area contributed by atoms with Crippen molar-refractivity contribution in [3.63, 3.8) is 0 Å². The highest BCUT2D eigenvalue weighted by Crippen LogP contribution is 2.33. The van der Waals surface area contributed by atoms with Crippen LogP contribution >= 0.6 is 11.6 Å². The maximum atomic E-state index is 13.4. The smallest absolute Gasteiger partial charge is 0.326 e. The highest BCUT2D eigenvalue weighted by atomic mass is 35.5. The summed E-state index contributed by atoms with van der Waals surface area (Å²) in [7, 11) is 3.14. The Morgan fingerprint density at radius 2 is 1.91 bits per heavy atom. The van der Waals surface area contributed by atoms with Crippen molar-refractivity contribution in [1.29, 1.82) is 0 Å². The van der Waals surface area contributed by atoms with Gasteiger partial charge in [0.05, 0.1) is 31.5 Å². The number of amides is 2. The molecule has 9 heteroatoms. The minimum atomic E-state index is -0.337. The number of aromatic nitrogens is 3. The van der Waals surface area contributed by atoms with Crippen molar-refractivity contribution in [2.45, 2.75) is 38.8 Å². The van der Waals surface area contributed by atoms with E-state index in [2.05, 4.69) is 20.1 Å². The van der Waals surface area contributed by atoms with Gasteiger partial charge in [0.2, 0.25) is 0 Å². The van der Waals surface area contributed by atoms with Gasteiger partial charge in [0.1, 0.15) is 5.82 Å². The van der Waals surface area contributed by atoms with Crippen molar-refractivity contribution in [2.75, 3.05) is 24.4 Å². The number of nitrogens with one attached hydrogen (secondary N) is 1. The van der Waals surface area contributed by atoms with Crippen LogP contribution in [0.4, 0.5) is 16.2 Å². The Bertz CT molecular complexity index is 1100. The topological polar surface area (TPSA) is 81.5 Å². The van der Waals surface area contributed by atoms with Gasteiger partial charge in [-0.3, -0.25) is 4.90 Å². The lowest BCUT2D eigenvalue weighted by molar-refractivity contribution is 0.256. The van der Waals surface area contributed by atoms with Crippen LogP contribution in [-0.2, 0) is 19.5 Å². The molecule has 0 atom stereocenters. The number of rotatable bonds is 6. The molecule has 0 aliphatic carbocycles. The van der Waals surface area contributed by atoms with E-state index in [-0.39, 0.29) is 12.6 Å². The first-order valence-corrected chi connectivity index (χ1v) is 10.9. The predicted molar refractivity (Wildman–Crippen MR) is 124 cm³/mol. The summed E-state index contributed by atoms with van der Waals surface area (Å²) in [5, 5.41) is 12.1. The van der Waals surface area contributed by atoms with Crippen molar-refractivity contribution < 1.29 is 14.3 Å². The van der Waals surface area contributed by atoms with Gasteiger partial charge in [-0.2, -0.15) is 0 Å². The molecular formula is C23H26ClN5O3. The van der Waals surface area contributed by atoms with Crippen molar-refractivity contribution in [2.24, 2.45) is 0 Å². The minimum Gasteiger partial charge on any atom is -0.493 e. The lowest BCUT2D eigenvalue weighted by atomic mass is 10.2. The SMILES string of the molecule is COc1ccc(N(Cc2nnc3n2CCCCC3)C(=O)Nc2ccccc2Cl)cc1OC. The zero-order valence-corrected chi connectivity index (χ0v) is 18.9. The Labute approximate surface area is 192 Å². The van der Waals surface area contributed by atoms with E-state index < -0.39 is 0 Å². The third-order valence-corrected chi connectivity index (χ3v) is 5.85. The number of nitrogens with zero attached hydrogens (tertiary/aromatic N) is 4. The maximum absolute atomic E-state index is 13.4. The summed E-state index contributed by atoms with van der Waals surface area (Å²) < 4.78 is 12.9. The first-order valence-electron chi connectivity index (χ1n) is 10.6. The standard InChI is InChI=1S/C23H26ClN5O3/c1-31-19-12-11-16(14-20(19)32-2)29(23(30)25-18-9-6-5-8-17(18)24)15-22-27-26-21-10-4-3-7-13-28(21)22/h5-6,8-9,11-12,14H,3-4,7,10,13,15H2,1-2H3,(H,25,30). The summed E-state index contributed by atoms with van der Waals surface area (Å²) in [5.41, 5.74) is 1.17. The molecule has 1 N–H and O–H groups in total. The number of fused-ring (bicyclic) bond motifs is 1. The summed E-state index contributed by atoms with van der Waals surface area (Å²) in [5.74, 6) is 2.82. The van der Waals surface area contributed by atoms with E-state index in [0.29, 0.717) is 27.9 Å². The Balaban J connectivity index is 1.69. The average Bonchev–Trinajstić information content (AvgIpc) is 3.03. The van der Waals surface area contributed by atoms with Crippen molar-refractivity contribution >= 4 is 29.0 Å². The van der Waals surface area contributed by atoms with Gasteiger partial charge in [0, 0.05) is 24.7 Å². The number of ether oxygens (including phenoxy) is 2. The first kappa shape index (κ1) is 22.0. The Morgan fingerprint density at radius 1 is 1.09 bits per heavy atom. The number of hydrogen-bond acceptors (Lipinski definition) is 5. The monoisotopic (exact) mass is 455 g/mol. The Kier molecular flexibility index (Phi) is 6.80. The molecule has 3 aromatic rings. The number of para-hydroxylation sites is 1. The van der Waals surface area contributed by atoms with Gasteiger partial charge in [-0.25, -0.2) is 4.79 Å². The molecule has 0 bridgehead atoms. The summed E-state index contributed by atoms with van der Waals surface area (Å²) in [6, 6.07) is 12.1. The molecule has 1 aliphatic rings. The number of carbonyl (C=O) groups is 1. The predicted octanol–water partition coefficient (Wildman–Crippen LogP) is 4.91. The van der Waals surface area contributed by atoms with Crippen LogP contribution in [0.1, 0.15) is 30.9 Å². The maximum Gasteiger partial charge on any atom is 0.326 e. The second kappa shape index (κ2) is 9.91. The van der Waals surface area contributed by atoms with Gasteiger partial charge in [-0.05, 0) is 37.1 Å². The molecule has 0 radical (unpaired) electrons. The zero-order valence-electron chi connectivity index (χ0n) is 18.2. The molecule has 0 spiro atoms. The van der Waals surface area contributed by atoms with Crippen molar-refractivity contribution in [3.8, 4) is 11.5 Å². The summed E-state index contributed by atoms with van der Waals surface area (Å²) >= 11 is 6.27. The molecule has 8 nitrogen and oxygen atoms in total. The number of halogens is 1. The molecular weight excluding hydrogens is 430 g/mol. The number of methoxy groups -OCH3 is 2. The van der Waals surface area contributed by atoms with Gasteiger partial charge in [-0.1, -0.05) is 30.2 Å². The van der Waals surface area contributed by atoms with Crippen molar-refractivity contribution in [3.05, 3.63) is 59.1 Å². The highest BCUT2D eigenvalue weighted by Gasteiger charge is 2.23. The molecule has 32 heavy (non-hydrogen) atoms. The quantitative estimate of drug-likeness (QED) is 0.570. The average molecular weight is 456 g/mol. The van der Waals surface area contributed by atoms with Crippen molar-refractivity contribution in [1.82, 2.24) is 14.8 Å². The number of benzene rings is 2. The molecule has 0 unspecified atom stereocenters. The van der Waals surface area contributed by atoms with Crippen LogP contribution in [0.2, 0.25) is 5.02 Å². The number of anilines is 2. The van der Waals surface area contributed by atoms with Gasteiger partial charge < -0.3 is 19.4 Å². The number of hydrogen-bond donors (Lipinski definition) is 1. The number of carbonyl (C=O) groups excluding carboxylic acids is 1. The molecule has 2 amide bonds. The van der Waals surface area contributed by atoms with E-state index >= 15 is 0 Å². The van der Waals surface area contributed by atoms with E-state index in [1.807, 2.05) is 18.2 Å². The first-order chi connectivity index (χ1) is 15.6. The fourth-order valence-electron chi connectivity index (χ4n) is 3.82. The van der Waals surface area contributed by atoms with Crippen LogP contribution in [0.3, 0.4) is 0 Å². The minimum absolute atomic E-state index is 0.249. The lowest BCUT2D eigenvalue weighted by Crippen LogP contribution is -2.35. The third kappa shape index (κ3) is 4.65. The fourth-order valence-corrected chi connectivity index (χ4v) is 4.01. The molecule has 2 heterocycles. The molecule has 1 aromatic heterocycles. The molecule has 2 aromatic carbocycles. The molecule has 0 saturated heterocycles. The Morgan fingerprint density at radius 3 is 2.69 bits per heavy atom. The van der Waals surface area contributed by atoms with E-state index in [1.54, 1.807) is 43.4 Å². The van der Waals surface area contributed by atoms with Gasteiger partial charge in [0.15, 0.2) is 17.3 Å². The van der Waals surface area contributed by atoms with Crippen LogP contribution in [0.25, 0.3) is 0 Å². The molecule has 4 rings (SSSR count). The molecule has 1 aliphatic heterocycles. The van der Waals surface area contributed by atoms with Crippen LogP contribution in [-0.4, -0.2) is 35.0 Å². The van der Waals surface area contributed by atoms with Gasteiger partial charge >= 0.3 is 6.03 Å². The summed E-state index contributed by atoms with van der Waals surface area (Å²) in [4.78, 5) is 15.0. The molecule has 168 valence electrons. The van der Waals surface area contributed by atoms with Gasteiger partial charge in [-0.15, -0.1) is 10.2 Å². The summed E-state index contributed by atoms with van der Waals surface area (Å²) in [6.07, 6.45) is 4.23. The second-order valence-corrected chi connectivity index (χ2v) is 7.94.